The number of sulfone groups is 1. The molecular formula is C12H9NO5S2. The van der Waals surface area contributed by atoms with Crippen LogP contribution in [0.25, 0.3) is 0 Å². The van der Waals surface area contributed by atoms with Gasteiger partial charge in [-0.2, -0.15) is 0 Å². The summed E-state index contributed by atoms with van der Waals surface area (Å²) in [5, 5.41) is 12.1. The molecule has 0 radical (unpaired) electrons. The van der Waals surface area contributed by atoms with Gasteiger partial charge in [0.2, 0.25) is 0 Å². The average Bonchev–Trinajstić information content (AvgIpc) is 2.93. The molecule has 0 aliphatic rings. The average molecular weight is 311 g/mol. The summed E-state index contributed by atoms with van der Waals surface area (Å²) in [6.45, 7) is 0. The first-order valence-electron chi connectivity index (χ1n) is 5.44. The van der Waals surface area contributed by atoms with Gasteiger partial charge in [-0.25, -0.2) is 8.42 Å². The van der Waals surface area contributed by atoms with Gasteiger partial charge >= 0.3 is 0 Å². The second kappa shape index (κ2) is 5.51. The molecule has 0 saturated carbocycles. The summed E-state index contributed by atoms with van der Waals surface area (Å²) in [5.41, 5.74) is -0.0154. The number of Topliss-reactive ketones (excluding diaryl/α,β-unsaturated/α-hetero) is 1. The van der Waals surface area contributed by atoms with Crippen LogP contribution < -0.4 is 0 Å². The number of nitrogens with zero attached hydrogens (tertiary/aromatic N) is 1. The number of thiophene rings is 1. The number of ketones is 1. The zero-order valence-corrected chi connectivity index (χ0v) is 11.7. The van der Waals surface area contributed by atoms with Crippen LogP contribution in [0.3, 0.4) is 0 Å². The Balaban J connectivity index is 2.18. The summed E-state index contributed by atoms with van der Waals surface area (Å²) in [6.07, 6.45) is 0. The van der Waals surface area contributed by atoms with E-state index in [0.717, 1.165) is 11.3 Å². The fourth-order valence-electron chi connectivity index (χ4n) is 1.54. The highest BCUT2D eigenvalue weighted by molar-refractivity contribution is 7.94. The molecule has 0 N–H and O–H groups in total. The van der Waals surface area contributed by atoms with Gasteiger partial charge < -0.3 is 0 Å². The third-order valence-corrected chi connectivity index (χ3v) is 5.63. The number of hydrogen-bond donors (Lipinski definition) is 0. The van der Waals surface area contributed by atoms with Gasteiger partial charge in [-0.15, -0.1) is 11.3 Å². The van der Waals surface area contributed by atoms with E-state index >= 15 is 0 Å². The van der Waals surface area contributed by atoms with E-state index in [1.165, 1.54) is 30.3 Å². The highest BCUT2D eigenvalue weighted by atomic mass is 32.2. The molecule has 1 heterocycles. The molecule has 20 heavy (non-hydrogen) atoms. The van der Waals surface area contributed by atoms with E-state index < -0.39 is 26.3 Å². The van der Waals surface area contributed by atoms with E-state index in [1.54, 1.807) is 11.4 Å². The summed E-state index contributed by atoms with van der Waals surface area (Å²) in [5.74, 6) is -1.24. The van der Waals surface area contributed by atoms with Gasteiger partial charge in [0.25, 0.3) is 5.69 Å². The normalized spacial score (nSPS) is 11.2. The molecule has 0 aliphatic carbocycles. The molecule has 6 nitrogen and oxygen atoms in total. The van der Waals surface area contributed by atoms with Gasteiger partial charge in [-0.1, -0.05) is 6.07 Å². The Morgan fingerprint density at radius 2 is 1.85 bits per heavy atom. The smallest absolute Gasteiger partial charge is 0.269 e. The van der Waals surface area contributed by atoms with E-state index in [1.807, 2.05) is 0 Å². The minimum absolute atomic E-state index is 0.132. The SMILES string of the molecule is O=C(CS(=O)(=O)c1cccs1)c1ccc([N+](=O)[O-])cc1. The highest BCUT2D eigenvalue weighted by Crippen LogP contribution is 2.19. The molecule has 1 aromatic carbocycles. The van der Waals surface area contributed by atoms with Crippen molar-refractivity contribution in [2.45, 2.75) is 4.21 Å². The molecule has 0 spiro atoms. The van der Waals surface area contributed by atoms with Gasteiger partial charge in [0.1, 0.15) is 9.96 Å². The molecule has 2 rings (SSSR count). The molecular weight excluding hydrogens is 302 g/mol. The number of carbonyl (C=O) groups excluding carboxylic acids is 1. The van der Waals surface area contributed by atoms with Crippen molar-refractivity contribution < 1.29 is 18.1 Å². The lowest BCUT2D eigenvalue weighted by Crippen LogP contribution is -2.15. The summed E-state index contributed by atoms with van der Waals surface area (Å²) >= 11 is 1.04. The van der Waals surface area contributed by atoms with Crippen LogP contribution in [0, 0.1) is 10.1 Å². The van der Waals surface area contributed by atoms with Crippen LogP contribution in [0.1, 0.15) is 10.4 Å². The quantitative estimate of drug-likeness (QED) is 0.480. The number of carbonyl (C=O) groups is 1. The summed E-state index contributed by atoms with van der Waals surface area (Å²) in [4.78, 5) is 21.8. The molecule has 0 fully saturated rings. The largest absolute Gasteiger partial charge is 0.293 e. The lowest BCUT2D eigenvalue weighted by atomic mass is 10.1. The maximum absolute atomic E-state index is 11.9. The number of non-ortho nitro benzene ring substituents is 1. The third kappa shape index (κ3) is 3.09. The number of benzene rings is 1. The number of nitro groups is 1. The van der Waals surface area contributed by atoms with Gasteiger partial charge in [-0.05, 0) is 23.6 Å². The topological polar surface area (TPSA) is 94.3 Å². The highest BCUT2D eigenvalue weighted by Gasteiger charge is 2.21. The third-order valence-electron chi connectivity index (χ3n) is 2.52. The number of rotatable bonds is 5. The van der Waals surface area contributed by atoms with Gasteiger partial charge in [-0.3, -0.25) is 14.9 Å². The minimum Gasteiger partial charge on any atom is -0.293 e. The first kappa shape index (κ1) is 14.4. The molecule has 1 aromatic heterocycles. The van der Waals surface area contributed by atoms with Crippen molar-refractivity contribution >= 4 is 32.6 Å². The van der Waals surface area contributed by atoms with Gasteiger partial charge in [0, 0.05) is 17.7 Å². The van der Waals surface area contributed by atoms with Crippen molar-refractivity contribution in [1.82, 2.24) is 0 Å². The van der Waals surface area contributed by atoms with E-state index in [9.17, 15) is 23.3 Å². The van der Waals surface area contributed by atoms with Crippen molar-refractivity contribution in [2.24, 2.45) is 0 Å². The fraction of sp³-hybridized carbons (Fsp3) is 0.0833. The maximum Gasteiger partial charge on any atom is 0.269 e. The molecule has 0 aliphatic heterocycles. The first-order valence-corrected chi connectivity index (χ1v) is 7.97. The van der Waals surface area contributed by atoms with Crippen molar-refractivity contribution in [3.63, 3.8) is 0 Å². The lowest BCUT2D eigenvalue weighted by Gasteiger charge is -2.01. The molecule has 0 amide bonds. The second-order valence-electron chi connectivity index (χ2n) is 3.92. The molecule has 104 valence electrons. The van der Waals surface area contributed by atoms with Crippen molar-refractivity contribution in [2.75, 3.05) is 5.75 Å². The van der Waals surface area contributed by atoms with Gasteiger partial charge in [0.15, 0.2) is 15.6 Å². The van der Waals surface area contributed by atoms with Crippen LogP contribution in [0.5, 0.6) is 0 Å². The molecule has 0 atom stereocenters. The molecule has 2 aromatic rings. The zero-order valence-electron chi connectivity index (χ0n) is 10.1. The predicted octanol–water partition coefficient (Wildman–Crippen LogP) is 2.31. The standard InChI is InChI=1S/C12H9NO5S2/c14-11(8-20(17,18)12-2-1-7-19-12)9-3-5-10(6-4-9)13(15)16/h1-7H,8H2. The second-order valence-corrected chi connectivity index (χ2v) is 7.08. The minimum atomic E-state index is -3.66. The Morgan fingerprint density at radius 1 is 1.20 bits per heavy atom. The van der Waals surface area contributed by atoms with Crippen LogP contribution in [0.2, 0.25) is 0 Å². The van der Waals surface area contributed by atoms with Crippen LogP contribution in [-0.4, -0.2) is 24.9 Å². The van der Waals surface area contributed by atoms with E-state index in [4.69, 9.17) is 0 Å². The summed E-state index contributed by atoms with van der Waals surface area (Å²) in [7, 11) is -3.66. The Hall–Kier alpha value is -2.06. The molecule has 0 bridgehead atoms. The maximum atomic E-state index is 11.9. The van der Waals surface area contributed by atoms with Crippen LogP contribution in [0.15, 0.2) is 46.0 Å². The van der Waals surface area contributed by atoms with Gasteiger partial charge in [0.05, 0.1) is 4.92 Å². The Bertz CT molecular complexity index is 733. The zero-order chi connectivity index (χ0) is 14.8. The molecule has 8 heteroatoms. The van der Waals surface area contributed by atoms with Crippen molar-refractivity contribution in [3.8, 4) is 0 Å². The van der Waals surface area contributed by atoms with Crippen molar-refractivity contribution in [1.29, 1.82) is 0 Å². The van der Waals surface area contributed by atoms with Crippen LogP contribution in [-0.2, 0) is 9.84 Å². The van der Waals surface area contributed by atoms with Crippen molar-refractivity contribution in [3.05, 3.63) is 57.5 Å². The number of hydrogen-bond acceptors (Lipinski definition) is 6. The summed E-state index contributed by atoms with van der Waals surface area (Å²) < 4.78 is 24.0. The predicted molar refractivity (Wildman–Crippen MR) is 73.8 cm³/mol. The Labute approximate surface area is 118 Å². The summed E-state index contributed by atoms with van der Waals surface area (Å²) in [6, 6.07) is 7.88. The molecule has 0 saturated heterocycles. The van der Waals surface area contributed by atoms with Crippen LogP contribution in [0.4, 0.5) is 5.69 Å². The van der Waals surface area contributed by atoms with Crippen LogP contribution >= 0.6 is 11.3 Å². The van der Waals surface area contributed by atoms with E-state index in [0.29, 0.717) is 0 Å². The van der Waals surface area contributed by atoms with E-state index in [2.05, 4.69) is 0 Å². The monoisotopic (exact) mass is 311 g/mol. The van der Waals surface area contributed by atoms with E-state index in [-0.39, 0.29) is 15.5 Å². The number of nitro benzene ring substituents is 1. The first-order chi connectivity index (χ1) is 9.40. The fourth-order valence-corrected chi connectivity index (χ4v) is 3.85. The Kier molecular flexibility index (Phi) is 3.96. The molecule has 0 unspecified atom stereocenters. The Morgan fingerprint density at radius 3 is 2.35 bits per heavy atom. The lowest BCUT2D eigenvalue weighted by molar-refractivity contribution is -0.384.